The monoisotopic (exact) mass is 464 g/mol. The summed E-state index contributed by atoms with van der Waals surface area (Å²) in [6.45, 7) is 2.33. The number of amides is 1. The third-order valence-electron chi connectivity index (χ3n) is 5.58. The highest BCUT2D eigenvalue weighted by Gasteiger charge is 2.11. The molecule has 0 saturated heterocycles. The number of nitrogens with zero attached hydrogens (tertiary/aromatic N) is 1. The Morgan fingerprint density at radius 3 is 1.88 bits per heavy atom. The number of hydrogen-bond acceptors (Lipinski definition) is 6. The van der Waals surface area contributed by atoms with Gasteiger partial charge >= 0.3 is 12.1 Å². The van der Waals surface area contributed by atoms with Crippen molar-refractivity contribution in [2.45, 2.75) is 110 Å². The van der Waals surface area contributed by atoms with Crippen LogP contribution in [0.5, 0.6) is 11.6 Å². The molecule has 0 saturated carbocycles. The van der Waals surface area contributed by atoms with E-state index in [1.165, 1.54) is 102 Å². The average Bonchev–Trinajstić information content (AvgIpc) is 2.81. The third kappa shape index (κ3) is 16.9. The molecule has 33 heavy (non-hydrogen) atoms. The van der Waals surface area contributed by atoms with Crippen molar-refractivity contribution in [3.05, 3.63) is 18.3 Å². The van der Waals surface area contributed by atoms with Crippen LogP contribution in [0.15, 0.2) is 18.3 Å². The average molecular weight is 465 g/mol. The minimum atomic E-state index is -0.872. The molecule has 7 nitrogen and oxygen atoms in total. The number of aromatic hydroxyl groups is 1. The van der Waals surface area contributed by atoms with Crippen LogP contribution in [0.25, 0.3) is 0 Å². The van der Waals surface area contributed by atoms with Crippen LogP contribution in [-0.2, 0) is 9.53 Å². The molecule has 1 aromatic heterocycles. The molecule has 0 unspecified atom stereocenters. The van der Waals surface area contributed by atoms with E-state index in [0.717, 1.165) is 19.3 Å². The molecule has 2 N–H and O–H groups in total. The number of nitrogens with one attached hydrogen (secondary N) is 1. The van der Waals surface area contributed by atoms with Gasteiger partial charge in [-0.2, -0.15) is 0 Å². The zero-order valence-electron chi connectivity index (χ0n) is 20.5. The summed E-state index contributed by atoms with van der Waals surface area (Å²) in [5.74, 6) is -0.978. The van der Waals surface area contributed by atoms with E-state index in [1.807, 2.05) is 0 Å². The minimum Gasteiger partial charge on any atom is -0.503 e. The molecule has 7 heteroatoms. The van der Waals surface area contributed by atoms with Gasteiger partial charge in [0.25, 0.3) is 5.88 Å². The van der Waals surface area contributed by atoms with Crippen LogP contribution in [0.3, 0.4) is 0 Å². The summed E-state index contributed by atoms with van der Waals surface area (Å²) < 4.78 is 9.93. The topological polar surface area (TPSA) is 97.8 Å². The maximum absolute atomic E-state index is 11.7. The lowest BCUT2D eigenvalue weighted by Crippen LogP contribution is -2.33. The summed E-state index contributed by atoms with van der Waals surface area (Å²) in [7, 11) is 0. The Morgan fingerprint density at radius 2 is 1.36 bits per heavy atom. The van der Waals surface area contributed by atoms with Crippen molar-refractivity contribution >= 4 is 12.1 Å². The third-order valence-corrected chi connectivity index (χ3v) is 5.58. The lowest BCUT2D eigenvalue weighted by Gasteiger charge is -2.07. The predicted octanol–water partition coefficient (Wildman–Crippen LogP) is 6.68. The molecule has 0 bridgehead atoms. The van der Waals surface area contributed by atoms with Gasteiger partial charge in [0.1, 0.15) is 6.54 Å². The van der Waals surface area contributed by atoms with Crippen molar-refractivity contribution in [1.29, 1.82) is 0 Å². The summed E-state index contributed by atoms with van der Waals surface area (Å²) >= 11 is 0. The van der Waals surface area contributed by atoms with Crippen LogP contribution in [0, 0.1) is 0 Å². The number of rotatable bonds is 20. The molecular weight excluding hydrogens is 420 g/mol. The number of unbranched alkanes of at least 4 members (excludes halogenated alkanes) is 15. The largest absolute Gasteiger partial charge is 0.503 e. The quantitative estimate of drug-likeness (QED) is 0.165. The number of esters is 1. The van der Waals surface area contributed by atoms with Gasteiger partial charge in [-0.1, -0.05) is 103 Å². The Bertz CT molecular complexity index is 639. The fourth-order valence-electron chi connectivity index (χ4n) is 3.62. The van der Waals surface area contributed by atoms with Gasteiger partial charge in [0, 0.05) is 6.20 Å². The fraction of sp³-hybridized carbons (Fsp3) is 0.731. The first-order chi connectivity index (χ1) is 16.1. The molecule has 1 rings (SSSR count). The molecule has 1 heterocycles. The Labute approximate surface area is 199 Å². The van der Waals surface area contributed by atoms with E-state index in [4.69, 9.17) is 9.47 Å². The first kappa shape index (κ1) is 28.7. The number of aromatic nitrogens is 1. The molecule has 0 aromatic carbocycles. The van der Waals surface area contributed by atoms with Crippen LogP contribution in [0.2, 0.25) is 0 Å². The van der Waals surface area contributed by atoms with E-state index in [-0.39, 0.29) is 18.2 Å². The number of ether oxygens (including phenoxy) is 2. The normalized spacial score (nSPS) is 10.7. The maximum Gasteiger partial charge on any atom is 0.414 e. The van der Waals surface area contributed by atoms with Crippen molar-refractivity contribution in [1.82, 2.24) is 10.3 Å². The minimum absolute atomic E-state index is 0.212. The molecule has 0 aliphatic heterocycles. The second-order valence-corrected chi connectivity index (χ2v) is 8.59. The first-order valence-corrected chi connectivity index (χ1v) is 12.9. The standard InChI is InChI=1S/C26H44N2O5/c1-2-3-4-5-6-7-8-9-10-11-12-13-14-15-16-17-21-32-24(30)22-28-26(31)33-25-23(29)19-18-20-27-25/h18-20,29H,2-17,21-22H2,1H3,(H,28,31). The molecule has 0 aliphatic carbocycles. The molecule has 0 spiro atoms. The van der Waals surface area contributed by atoms with Gasteiger partial charge in [-0.25, -0.2) is 9.78 Å². The van der Waals surface area contributed by atoms with Gasteiger partial charge in [-0.05, 0) is 18.6 Å². The lowest BCUT2D eigenvalue weighted by atomic mass is 10.0. The summed E-state index contributed by atoms with van der Waals surface area (Å²) in [6, 6.07) is 2.86. The Morgan fingerprint density at radius 1 is 0.848 bits per heavy atom. The summed E-state index contributed by atoms with van der Waals surface area (Å²) in [6.07, 6.45) is 21.3. The highest BCUT2D eigenvalue weighted by Crippen LogP contribution is 2.20. The summed E-state index contributed by atoms with van der Waals surface area (Å²) in [4.78, 5) is 27.0. The molecule has 0 atom stereocenters. The molecule has 0 aliphatic rings. The van der Waals surface area contributed by atoms with Crippen molar-refractivity contribution < 1.29 is 24.2 Å². The van der Waals surface area contributed by atoms with E-state index in [9.17, 15) is 14.7 Å². The second-order valence-electron chi connectivity index (χ2n) is 8.59. The van der Waals surface area contributed by atoms with Crippen molar-refractivity contribution in [3.63, 3.8) is 0 Å². The van der Waals surface area contributed by atoms with E-state index in [1.54, 1.807) is 0 Å². The Hall–Kier alpha value is -2.31. The van der Waals surface area contributed by atoms with E-state index in [2.05, 4.69) is 17.2 Å². The van der Waals surface area contributed by atoms with E-state index < -0.39 is 12.1 Å². The van der Waals surface area contributed by atoms with E-state index >= 15 is 0 Å². The van der Waals surface area contributed by atoms with Gasteiger partial charge in [-0.3, -0.25) is 4.79 Å². The van der Waals surface area contributed by atoms with Crippen LogP contribution in [0.4, 0.5) is 4.79 Å². The van der Waals surface area contributed by atoms with Gasteiger partial charge in [0.2, 0.25) is 0 Å². The number of pyridine rings is 1. The summed E-state index contributed by atoms with van der Waals surface area (Å²) in [5.41, 5.74) is 0. The van der Waals surface area contributed by atoms with Crippen molar-refractivity contribution in [2.75, 3.05) is 13.2 Å². The van der Waals surface area contributed by atoms with Crippen LogP contribution in [-0.4, -0.2) is 35.3 Å². The van der Waals surface area contributed by atoms with Crippen LogP contribution in [0.1, 0.15) is 110 Å². The van der Waals surface area contributed by atoms with Crippen LogP contribution < -0.4 is 10.1 Å². The molecule has 188 valence electrons. The zero-order chi connectivity index (χ0) is 24.0. The second kappa shape index (κ2) is 20.3. The van der Waals surface area contributed by atoms with Gasteiger partial charge in [0.15, 0.2) is 5.75 Å². The molecule has 1 aromatic rings. The smallest absolute Gasteiger partial charge is 0.414 e. The predicted molar refractivity (Wildman–Crippen MR) is 130 cm³/mol. The van der Waals surface area contributed by atoms with Gasteiger partial charge < -0.3 is 19.9 Å². The molecule has 0 fully saturated rings. The van der Waals surface area contributed by atoms with E-state index in [0.29, 0.717) is 6.61 Å². The number of carbonyl (C=O) groups is 2. The van der Waals surface area contributed by atoms with Crippen LogP contribution >= 0.6 is 0 Å². The van der Waals surface area contributed by atoms with Gasteiger partial charge in [0.05, 0.1) is 6.61 Å². The Balaban J connectivity index is 1.83. The number of hydrogen-bond donors (Lipinski definition) is 2. The summed E-state index contributed by atoms with van der Waals surface area (Å²) in [5, 5.41) is 11.8. The van der Waals surface area contributed by atoms with Crippen molar-refractivity contribution in [3.8, 4) is 11.6 Å². The highest BCUT2D eigenvalue weighted by atomic mass is 16.6. The molecular formula is C26H44N2O5. The lowest BCUT2D eigenvalue weighted by molar-refractivity contribution is -0.142. The highest BCUT2D eigenvalue weighted by molar-refractivity contribution is 5.78. The van der Waals surface area contributed by atoms with Gasteiger partial charge in [-0.15, -0.1) is 0 Å². The number of carbonyl (C=O) groups excluding carboxylic acids is 2. The zero-order valence-corrected chi connectivity index (χ0v) is 20.5. The molecule has 1 amide bonds. The fourth-order valence-corrected chi connectivity index (χ4v) is 3.62. The molecule has 0 radical (unpaired) electrons. The SMILES string of the molecule is CCCCCCCCCCCCCCCCCCOC(=O)CNC(=O)Oc1ncccc1O. The van der Waals surface area contributed by atoms with Crippen molar-refractivity contribution in [2.24, 2.45) is 0 Å². The first-order valence-electron chi connectivity index (χ1n) is 12.9. The maximum atomic E-state index is 11.7. The Kier molecular flexibility index (Phi) is 17.7.